The van der Waals surface area contributed by atoms with Crippen molar-refractivity contribution in [3.05, 3.63) is 117 Å². The molecule has 0 aliphatic carbocycles. The van der Waals surface area contributed by atoms with Crippen molar-refractivity contribution in [2.75, 3.05) is 13.7 Å². The van der Waals surface area contributed by atoms with Gasteiger partial charge < -0.3 is 28.9 Å². The van der Waals surface area contributed by atoms with E-state index in [4.69, 9.17) is 14.2 Å². The van der Waals surface area contributed by atoms with E-state index in [1.54, 1.807) is 14.0 Å². The maximum atomic E-state index is 12.3. The zero-order valence-electron chi connectivity index (χ0n) is 47.3. The van der Waals surface area contributed by atoms with Crippen LogP contribution in [0.15, 0.2) is 83.4 Å². The van der Waals surface area contributed by atoms with Gasteiger partial charge in [0.05, 0.1) is 0 Å². The summed E-state index contributed by atoms with van der Waals surface area (Å²) in [7, 11) is 3.20. The molecule has 0 saturated carbocycles. The van der Waals surface area contributed by atoms with Gasteiger partial charge in [-0.3, -0.25) is 0 Å². The number of phenolic OH excluding ortho intramolecular Hbond substituents is 1. The summed E-state index contributed by atoms with van der Waals surface area (Å²) in [6.45, 7) is 54.2. The highest BCUT2D eigenvalue weighted by Crippen LogP contribution is 2.49. The number of aliphatic hydroxyl groups excluding tert-OH is 2. The summed E-state index contributed by atoms with van der Waals surface area (Å²) >= 11 is 0. The van der Waals surface area contributed by atoms with Crippen LogP contribution in [0.4, 0.5) is 0 Å². The molecule has 2 unspecified atom stereocenters. The van der Waals surface area contributed by atoms with E-state index < -0.39 is 9.03 Å². The van der Waals surface area contributed by atoms with Gasteiger partial charge in [0, 0.05) is 47.1 Å². The Balaban J connectivity index is 0.00000686. The molecule has 2 atom stereocenters. The molecular weight excluding hydrogens is 867 g/mol. The minimum absolute atomic E-state index is 0.114. The van der Waals surface area contributed by atoms with Crippen LogP contribution in [-0.4, -0.2) is 29.0 Å². The quantitative estimate of drug-likeness (QED) is 0.112. The van der Waals surface area contributed by atoms with E-state index in [1.165, 1.54) is 0 Å². The minimum Gasteiger partial charge on any atom is -0.508 e. The van der Waals surface area contributed by atoms with Gasteiger partial charge in [-0.25, -0.2) is 0 Å². The molecule has 2 aromatic rings. The predicted molar refractivity (Wildman–Crippen MR) is 300 cm³/mol. The van der Waals surface area contributed by atoms with Crippen LogP contribution in [0.1, 0.15) is 206 Å². The first kappa shape index (κ1) is 63.9. The van der Waals surface area contributed by atoms with Crippen LogP contribution in [0, 0.1) is 22.7 Å². The van der Waals surface area contributed by atoms with Crippen molar-refractivity contribution < 1.29 is 28.9 Å². The predicted octanol–water partition coefficient (Wildman–Crippen LogP) is 18.0. The smallest absolute Gasteiger partial charge is 0.275 e. The van der Waals surface area contributed by atoms with Gasteiger partial charge in [0.15, 0.2) is 0 Å². The van der Waals surface area contributed by atoms with E-state index in [0.717, 1.165) is 50.1 Å². The molecule has 0 aromatic heterocycles. The highest BCUT2D eigenvalue weighted by atomic mass is 31.1. The van der Waals surface area contributed by atoms with Crippen molar-refractivity contribution in [1.29, 1.82) is 0 Å². The van der Waals surface area contributed by atoms with E-state index >= 15 is 0 Å². The van der Waals surface area contributed by atoms with Crippen molar-refractivity contribution >= 4 is 29.6 Å². The van der Waals surface area contributed by atoms with Gasteiger partial charge in [-0.2, -0.15) is 0 Å². The molecule has 6 nitrogen and oxygen atoms in total. The SMILES string of the molecule is CCO.COP.C\C=C(/C(OPOc1c(C(=C/C(=C\C)C(C)(C)C)/C(O)=C/C(C)C)cc(C(C)(C)C)cc1C(C)(C)C)=C(\C=C\C(C)C)c1cc(C(C)(C)C)cc(C(C)(C)C)c1O)C(C)(C)C. The third-order valence-corrected chi connectivity index (χ3v) is 11.5. The van der Waals surface area contributed by atoms with Gasteiger partial charge in [0.25, 0.3) is 9.03 Å². The Morgan fingerprint density at radius 3 is 1.49 bits per heavy atom. The second-order valence-corrected chi connectivity index (χ2v) is 25.4. The molecule has 67 heavy (non-hydrogen) atoms. The summed E-state index contributed by atoms with van der Waals surface area (Å²) in [4.78, 5) is 0. The Bertz CT molecular complexity index is 2080. The molecule has 8 heteroatoms. The van der Waals surface area contributed by atoms with Gasteiger partial charge in [-0.15, -0.1) is 0 Å². The molecule has 0 aliphatic heterocycles. The van der Waals surface area contributed by atoms with Crippen LogP contribution in [0.5, 0.6) is 11.5 Å². The summed E-state index contributed by atoms with van der Waals surface area (Å²) in [5.74, 6) is 2.19. The fourth-order valence-corrected chi connectivity index (χ4v) is 7.85. The monoisotopic (exact) mass is 965 g/mol. The zero-order valence-corrected chi connectivity index (χ0v) is 49.4. The number of phenols is 1. The van der Waals surface area contributed by atoms with Gasteiger partial charge in [-0.1, -0.05) is 189 Å². The molecule has 2 rings (SSSR count). The number of benzene rings is 2. The van der Waals surface area contributed by atoms with E-state index in [2.05, 4.69) is 235 Å². The highest BCUT2D eigenvalue weighted by Gasteiger charge is 2.32. The second kappa shape index (κ2) is 26.2. The molecule has 0 fully saturated rings. The largest absolute Gasteiger partial charge is 0.508 e. The number of aliphatic hydroxyl groups is 2. The molecule has 3 N–H and O–H groups in total. The molecule has 380 valence electrons. The lowest BCUT2D eigenvalue weighted by atomic mass is 9.77. The Labute approximate surface area is 416 Å². The lowest BCUT2D eigenvalue weighted by molar-refractivity contribution is 0.318. The first-order valence-electron chi connectivity index (χ1n) is 24.2. The Morgan fingerprint density at radius 2 is 1.13 bits per heavy atom. The first-order chi connectivity index (χ1) is 30.3. The average molecular weight is 965 g/mol. The van der Waals surface area contributed by atoms with E-state index in [0.29, 0.717) is 17.1 Å². The van der Waals surface area contributed by atoms with Gasteiger partial charge in [0.2, 0.25) is 0 Å². The number of hydrogen-bond acceptors (Lipinski definition) is 6. The lowest BCUT2D eigenvalue weighted by Crippen LogP contribution is -2.19. The fraction of sp³-hybridized carbons (Fsp3) is 0.593. The maximum Gasteiger partial charge on any atom is 0.275 e. The number of allylic oxidation sites excluding steroid dienone is 10. The summed E-state index contributed by atoms with van der Waals surface area (Å²) < 4.78 is 18.4. The number of rotatable bonds is 12. The molecule has 0 bridgehead atoms. The standard InChI is InChI=1S/C56H87O4P.C2H6O.CH5OP/c1-25-37(51(7,8)9)30-41(47(57)29-36(5)6)43-32-39(53(13,14)15)34-46(56(22,23)24)50(43)60-61-59-49(44(26-2)54(16,17)18)40(28-27-35(3)4)42-31-38(52(10,11)12)33-45(48(42)58)55(19,20)21;2*1-2-3/h25-36,57-58,61H,1-24H3;3H,2H2,1H3;3H2,1H3/b28-27+,37-25+,41-30-,44-26+,47-29-,49-40-;;. The lowest BCUT2D eigenvalue weighted by Gasteiger charge is -2.31. The van der Waals surface area contributed by atoms with E-state index in [-0.39, 0.29) is 62.4 Å². The Kier molecular flexibility index (Phi) is 25.0. The van der Waals surface area contributed by atoms with Crippen LogP contribution >= 0.6 is 18.5 Å². The molecule has 0 aliphatic rings. The van der Waals surface area contributed by atoms with E-state index in [1.807, 2.05) is 6.08 Å². The summed E-state index contributed by atoms with van der Waals surface area (Å²) in [6, 6.07) is 8.78. The summed E-state index contributed by atoms with van der Waals surface area (Å²) in [6.07, 6.45) is 12.6. The number of hydrogen-bond donors (Lipinski definition) is 3. The van der Waals surface area contributed by atoms with Crippen molar-refractivity contribution in [3.63, 3.8) is 0 Å². The Morgan fingerprint density at radius 1 is 0.687 bits per heavy atom. The van der Waals surface area contributed by atoms with Crippen LogP contribution in [0.3, 0.4) is 0 Å². The highest BCUT2D eigenvalue weighted by molar-refractivity contribution is 7.26. The van der Waals surface area contributed by atoms with Gasteiger partial charge >= 0.3 is 0 Å². The normalized spacial score (nSPS) is 14.7. The molecule has 2 aromatic carbocycles. The third-order valence-electron chi connectivity index (χ3n) is 10.9. The van der Waals surface area contributed by atoms with Crippen LogP contribution < -0.4 is 4.52 Å². The Hall–Kier alpha value is -3.14. The molecule has 0 heterocycles. The van der Waals surface area contributed by atoms with E-state index in [9.17, 15) is 10.2 Å². The topological polar surface area (TPSA) is 88.4 Å². The van der Waals surface area contributed by atoms with Crippen LogP contribution in [0.2, 0.25) is 0 Å². The molecule has 0 radical (unpaired) electrons. The minimum atomic E-state index is -0.463. The third kappa shape index (κ3) is 20.0. The summed E-state index contributed by atoms with van der Waals surface area (Å²) in [5.41, 5.74) is 7.93. The van der Waals surface area contributed by atoms with Crippen LogP contribution in [0.25, 0.3) is 11.1 Å². The molecule has 0 saturated heterocycles. The second-order valence-electron chi connectivity index (χ2n) is 24.3. The zero-order chi connectivity index (χ0) is 52.8. The fourth-order valence-electron chi connectivity index (χ4n) is 7.20. The number of aromatic hydroxyl groups is 1. The summed E-state index contributed by atoms with van der Waals surface area (Å²) in [5, 5.41) is 32.0. The van der Waals surface area contributed by atoms with Gasteiger partial charge in [-0.05, 0) is 121 Å². The first-order valence-corrected chi connectivity index (χ1v) is 25.5. The van der Waals surface area contributed by atoms with Crippen molar-refractivity contribution in [1.82, 2.24) is 0 Å². The van der Waals surface area contributed by atoms with Gasteiger partial charge in [0.1, 0.15) is 23.0 Å². The molecule has 0 spiro atoms. The van der Waals surface area contributed by atoms with Crippen molar-refractivity contribution in [2.45, 2.75) is 195 Å². The maximum absolute atomic E-state index is 12.3. The van der Waals surface area contributed by atoms with Crippen molar-refractivity contribution in [2.24, 2.45) is 22.7 Å². The van der Waals surface area contributed by atoms with Crippen LogP contribution in [-0.2, 0) is 30.7 Å². The molecular formula is C59H98O6P2. The molecule has 0 amide bonds. The van der Waals surface area contributed by atoms with Crippen molar-refractivity contribution in [3.8, 4) is 11.5 Å². The average Bonchev–Trinajstić information content (AvgIpc) is 3.13.